The Bertz CT molecular complexity index is 857. The molecule has 0 saturated carbocycles. The smallest absolute Gasteiger partial charge is 0.327 e. The van der Waals surface area contributed by atoms with Gasteiger partial charge in [0.1, 0.15) is 11.9 Å². The first-order chi connectivity index (χ1) is 18.2. The summed E-state index contributed by atoms with van der Waals surface area (Å²) < 4.78 is 43.0. The highest BCUT2D eigenvalue weighted by Crippen LogP contribution is 2.19. The Morgan fingerprint density at radius 3 is 1.76 bits per heavy atom. The lowest BCUT2D eigenvalue weighted by atomic mass is 10.0. The topological polar surface area (TPSA) is 127 Å². The van der Waals surface area contributed by atoms with E-state index < -0.39 is 33.7 Å². The van der Waals surface area contributed by atoms with E-state index in [0.717, 1.165) is 25.7 Å². The van der Waals surface area contributed by atoms with Gasteiger partial charge in [0.2, 0.25) is 0 Å². The molecule has 1 aromatic carbocycles. The molecule has 0 radical (unpaired) electrons. The summed E-state index contributed by atoms with van der Waals surface area (Å²) in [5.74, 6) is -2.10. The van der Waals surface area contributed by atoms with E-state index in [2.05, 4.69) is 6.92 Å². The summed E-state index contributed by atoms with van der Waals surface area (Å²) in [6.07, 6.45) is 17.6. The fourth-order valence-electron chi connectivity index (χ4n) is 4.37. The molecular formula is C29H48O8S. The van der Waals surface area contributed by atoms with Crippen LogP contribution in [0.2, 0.25) is 0 Å². The van der Waals surface area contributed by atoms with Gasteiger partial charge in [-0.2, -0.15) is 8.42 Å². The van der Waals surface area contributed by atoms with Crippen LogP contribution in [0.1, 0.15) is 116 Å². The normalized spacial score (nSPS) is 13.1. The Labute approximate surface area is 229 Å². The molecule has 0 aliphatic rings. The van der Waals surface area contributed by atoms with Gasteiger partial charge in [0.05, 0.1) is 13.0 Å². The van der Waals surface area contributed by atoms with Crippen molar-refractivity contribution in [1.29, 1.82) is 0 Å². The van der Waals surface area contributed by atoms with Crippen LogP contribution in [0.25, 0.3) is 0 Å². The number of benzene rings is 1. The second kappa shape index (κ2) is 20.8. The zero-order valence-electron chi connectivity index (χ0n) is 23.0. The first kappa shape index (κ1) is 33.9. The first-order valence-corrected chi connectivity index (χ1v) is 15.8. The fourth-order valence-corrected chi connectivity index (χ4v) is 5.04. The molecule has 8 nitrogen and oxygen atoms in total. The van der Waals surface area contributed by atoms with Crippen LogP contribution in [0.15, 0.2) is 30.3 Å². The molecule has 2 unspecified atom stereocenters. The maximum Gasteiger partial charge on any atom is 0.327 e. The highest BCUT2D eigenvalue weighted by Gasteiger charge is 2.35. The van der Waals surface area contributed by atoms with E-state index in [0.29, 0.717) is 12.2 Å². The van der Waals surface area contributed by atoms with Gasteiger partial charge in [-0.1, -0.05) is 109 Å². The van der Waals surface area contributed by atoms with Gasteiger partial charge in [-0.05, 0) is 25.0 Å². The van der Waals surface area contributed by atoms with Crippen molar-refractivity contribution < 1.29 is 37.1 Å². The summed E-state index contributed by atoms with van der Waals surface area (Å²) >= 11 is 0. The molecular weight excluding hydrogens is 508 g/mol. The van der Waals surface area contributed by atoms with Crippen molar-refractivity contribution in [2.45, 2.75) is 127 Å². The molecule has 0 aromatic heterocycles. The highest BCUT2D eigenvalue weighted by molar-refractivity contribution is 7.87. The molecule has 218 valence electrons. The molecule has 0 fully saturated rings. The second-order valence-electron chi connectivity index (χ2n) is 10.00. The van der Waals surface area contributed by atoms with Crippen LogP contribution >= 0.6 is 0 Å². The summed E-state index contributed by atoms with van der Waals surface area (Å²) in [4.78, 5) is 23.0. The Balaban J connectivity index is 2.32. The number of unbranched alkanes of at least 4 members (excludes halogenated alkanes) is 13. The maximum atomic E-state index is 12.1. The number of carbonyl (C=O) groups excluding carboxylic acids is 1. The third kappa shape index (κ3) is 17.4. The monoisotopic (exact) mass is 556 g/mol. The Kier molecular flexibility index (Phi) is 18.5. The number of rotatable bonds is 24. The van der Waals surface area contributed by atoms with E-state index in [-0.39, 0.29) is 12.7 Å². The number of carboxylic acid groups (broad SMARTS) is 1. The van der Waals surface area contributed by atoms with Gasteiger partial charge in [0.25, 0.3) is 10.1 Å². The Morgan fingerprint density at radius 1 is 0.789 bits per heavy atom. The van der Waals surface area contributed by atoms with Crippen molar-refractivity contribution in [3.05, 3.63) is 30.3 Å². The van der Waals surface area contributed by atoms with Gasteiger partial charge in [-0.25, -0.2) is 0 Å². The highest BCUT2D eigenvalue weighted by atomic mass is 32.2. The number of carboxylic acids is 1. The number of aliphatic carboxylic acids is 1. The van der Waals surface area contributed by atoms with E-state index >= 15 is 0 Å². The number of carbonyl (C=O) groups is 2. The number of hydrogen-bond acceptors (Lipinski definition) is 6. The number of hydrogen-bond donors (Lipinski definition) is 2. The van der Waals surface area contributed by atoms with Gasteiger partial charge in [-0.15, -0.1) is 0 Å². The Morgan fingerprint density at radius 2 is 1.29 bits per heavy atom. The largest absolute Gasteiger partial charge is 0.490 e. The molecule has 2 N–H and O–H groups in total. The van der Waals surface area contributed by atoms with E-state index in [1.165, 1.54) is 70.6 Å². The minimum atomic E-state index is -4.88. The second-order valence-corrected chi connectivity index (χ2v) is 11.6. The van der Waals surface area contributed by atoms with Gasteiger partial charge >= 0.3 is 11.9 Å². The van der Waals surface area contributed by atoms with Crippen molar-refractivity contribution in [3.63, 3.8) is 0 Å². The van der Waals surface area contributed by atoms with Crippen molar-refractivity contribution in [3.8, 4) is 5.75 Å². The van der Waals surface area contributed by atoms with Crippen molar-refractivity contribution in [1.82, 2.24) is 0 Å². The number of esters is 1. The maximum absolute atomic E-state index is 12.1. The first-order valence-electron chi connectivity index (χ1n) is 14.3. The molecule has 0 heterocycles. The zero-order chi connectivity index (χ0) is 28.1. The summed E-state index contributed by atoms with van der Waals surface area (Å²) in [5.41, 5.74) is 0. The lowest BCUT2D eigenvalue weighted by Crippen LogP contribution is -2.34. The van der Waals surface area contributed by atoms with Gasteiger partial charge in [-0.3, -0.25) is 14.1 Å². The molecule has 2 atom stereocenters. The standard InChI is InChI=1S/C29H48O8S/c1-2-3-4-5-6-7-8-9-10-11-12-13-14-16-21-26(37-25-19-17-15-18-20-25)22-23-36-29(32)27(24-28(30)31)38(33,34)35/h15,17-20,26-27H,2-14,16,21-24H2,1H3,(H,30,31)(H,33,34,35). The summed E-state index contributed by atoms with van der Waals surface area (Å²) in [5, 5.41) is 6.69. The Hall–Kier alpha value is -2.13. The van der Waals surface area contributed by atoms with E-state index in [9.17, 15) is 22.6 Å². The minimum Gasteiger partial charge on any atom is -0.490 e. The molecule has 0 amide bonds. The molecule has 1 aromatic rings. The average molecular weight is 557 g/mol. The van der Waals surface area contributed by atoms with Crippen LogP contribution in [0.5, 0.6) is 5.75 Å². The van der Waals surface area contributed by atoms with E-state index in [4.69, 9.17) is 14.6 Å². The van der Waals surface area contributed by atoms with Crippen LogP contribution in [0, 0.1) is 0 Å². The predicted octanol–water partition coefficient (Wildman–Crippen LogP) is 6.97. The van der Waals surface area contributed by atoms with Crippen LogP contribution in [-0.4, -0.2) is 48.0 Å². The molecule has 9 heteroatoms. The molecule has 38 heavy (non-hydrogen) atoms. The average Bonchev–Trinajstić information content (AvgIpc) is 2.87. The quantitative estimate of drug-likeness (QED) is 0.0794. The van der Waals surface area contributed by atoms with Gasteiger partial charge in [0, 0.05) is 6.42 Å². The van der Waals surface area contributed by atoms with E-state index in [1.54, 1.807) is 0 Å². The van der Waals surface area contributed by atoms with E-state index in [1.807, 2.05) is 30.3 Å². The molecule has 1 rings (SSSR count). The molecule has 0 spiro atoms. The van der Waals surface area contributed by atoms with Gasteiger partial charge < -0.3 is 14.6 Å². The third-order valence-corrected chi connectivity index (χ3v) is 7.67. The predicted molar refractivity (Wildman–Crippen MR) is 149 cm³/mol. The SMILES string of the molecule is CCCCCCCCCCCCCCCCC(CCOC(=O)C(CC(=O)O)S(=O)(=O)O)Oc1ccccc1. The number of para-hydroxylation sites is 1. The van der Waals surface area contributed by atoms with Crippen molar-refractivity contribution >= 4 is 22.1 Å². The van der Waals surface area contributed by atoms with Crippen LogP contribution in [-0.2, 0) is 24.4 Å². The minimum absolute atomic E-state index is 0.138. The van der Waals surface area contributed by atoms with Crippen molar-refractivity contribution in [2.24, 2.45) is 0 Å². The van der Waals surface area contributed by atoms with Crippen LogP contribution in [0.3, 0.4) is 0 Å². The zero-order valence-corrected chi connectivity index (χ0v) is 23.8. The summed E-state index contributed by atoms with van der Waals surface area (Å²) in [6.45, 7) is 2.11. The molecule has 0 aliphatic carbocycles. The van der Waals surface area contributed by atoms with Gasteiger partial charge in [0.15, 0.2) is 5.25 Å². The third-order valence-electron chi connectivity index (χ3n) is 6.59. The van der Waals surface area contributed by atoms with Crippen LogP contribution < -0.4 is 4.74 Å². The number of ether oxygens (including phenoxy) is 2. The summed E-state index contributed by atoms with van der Waals surface area (Å²) in [7, 11) is -4.88. The van der Waals surface area contributed by atoms with Crippen LogP contribution in [0.4, 0.5) is 0 Å². The molecule has 0 aliphatic heterocycles. The lowest BCUT2D eigenvalue weighted by Gasteiger charge is -2.20. The fraction of sp³-hybridized carbons (Fsp3) is 0.724. The molecule has 0 saturated heterocycles. The lowest BCUT2D eigenvalue weighted by molar-refractivity contribution is -0.147. The molecule has 0 bridgehead atoms. The summed E-state index contributed by atoms with van der Waals surface area (Å²) in [6, 6.07) is 9.29. The van der Waals surface area contributed by atoms with Crippen molar-refractivity contribution in [2.75, 3.05) is 6.61 Å².